The Morgan fingerprint density at radius 1 is 1.14 bits per heavy atom. The molecule has 4 heteroatoms. The predicted molar refractivity (Wildman–Crippen MR) is 89.6 cm³/mol. The van der Waals surface area contributed by atoms with Crippen LogP contribution in [0.4, 0.5) is 0 Å². The molecule has 2 aromatic rings. The summed E-state index contributed by atoms with van der Waals surface area (Å²) in [6.07, 6.45) is 8.52. The number of benzene rings is 1. The van der Waals surface area contributed by atoms with Gasteiger partial charge in [-0.3, -0.25) is 4.79 Å². The maximum absolute atomic E-state index is 12.6. The summed E-state index contributed by atoms with van der Waals surface area (Å²) in [4.78, 5) is 17.8. The monoisotopic (exact) mass is 299 g/mol. The number of nitrogens with one attached hydrogen (secondary N) is 1. The first kappa shape index (κ1) is 15.1. The molecular weight excluding hydrogens is 274 g/mol. The molecule has 3 rings (SSSR count). The molecule has 1 aliphatic rings. The van der Waals surface area contributed by atoms with Crippen molar-refractivity contribution in [3.8, 4) is 0 Å². The van der Waals surface area contributed by atoms with E-state index in [2.05, 4.69) is 11.1 Å². The Hall–Kier alpha value is -1.81. The van der Waals surface area contributed by atoms with Crippen LogP contribution >= 0.6 is 0 Å². The van der Waals surface area contributed by atoms with Crippen molar-refractivity contribution in [3.05, 3.63) is 36.0 Å². The normalized spacial score (nSPS) is 18.0. The number of nitrogens with zero attached hydrogens (tertiary/aromatic N) is 1. The topological polar surface area (TPSA) is 62.1 Å². The summed E-state index contributed by atoms with van der Waals surface area (Å²) in [5, 5.41) is 1.17. The number of H-pyrrole nitrogens is 1. The van der Waals surface area contributed by atoms with Crippen LogP contribution in [0.5, 0.6) is 0 Å². The summed E-state index contributed by atoms with van der Waals surface area (Å²) >= 11 is 0. The van der Waals surface area contributed by atoms with Gasteiger partial charge in [-0.1, -0.05) is 37.5 Å². The summed E-state index contributed by atoms with van der Waals surface area (Å²) in [5.41, 5.74) is 8.44. The van der Waals surface area contributed by atoms with Crippen LogP contribution in [0.15, 0.2) is 30.5 Å². The van der Waals surface area contributed by atoms with E-state index in [0.717, 1.165) is 37.0 Å². The Morgan fingerprint density at radius 2 is 1.82 bits per heavy atom. The van der Waals surface area contributed by atoms with E-state index in [1.54, 1.807) is 0 Å². The maximum atomic E-state index is 12.6. The Bertz CT molecular complexity index is 626. The number of nitrogens with two attached hydrogens (primary N) is 1. The molecule has 22 heavy (non-hydrogen) atoms. The number of aromatic amines is 1. The van der Waals surface area contributed by atoms with Gasteiger partial charge in [0.2, 0.25) is 5.91 Å². The van der Waals surface area contributed by atoms with E-state index in [9.17, 15) is 4.79 Å². The summed E-state index contributed by atoms with van der Waals surface area (Å²) in [6.45, 7) is 1.72. The van der Waals surface area contributed by atoms with Crippen LogP contribution in [0.2, 0.25) is 0 Å². The zero-order valence-electron chi connectivity index (χ0n) is 13.1. The minimum atomic E-state index is -0.446. The van der Waals surface area contributed by atoms with Gasteiger partial charge in [-0.25, -0.2) is 0 Å². The number of amides is 1. The van der Waals surface area contributed by atoms with E-state index in [4.69, 9.17) is 5.73 Å². The molecule has 1 aromatic carbocycles. The number of hydrogen-bond acceptors (Lipinski definition) is 2. The molecule has 1 atom stereocenters. The second-order valence-electron chi connectivity index (χ2n) is 6.26. The summed E-state index contributed by atoms with van der Waals surface area (Å²) in [5.74, 6) is 0.104. The summed E-state index contributed by atoms with van der Waals surface area (Å²) in [6, 6.07) is 7.71. The number of fused-ring (bicyclic) bond motifs is 1. The Kier molecular flexibility index (Phi) is 4.78. The van der Waals surface area contributed by atoms with E-state index in [1.807, 2.05) is 29.3 Å². The number of aromatic nitrogens is 1. The fraction of sp³-hybridized carbons (Fsp3) is 0.500. The highest BCUT2D eigenvalue weighted by Crippen LogP contribution is 2.19. The first-order valence-corrected chi connectivity index (χ1v) is 8.35. The largest absolute Gasteiger partial charge is 0.361 e. The lowest BCUT2D eigenvalue weighted by Crippen LogP contribution is -2.46. The van der Waals surface area contributed by atoms with E-state index in [1.165, 1.54) is 24.6 Å². The molecule has 0 aliphatic carbocycles. The zero-order chi connectivity index (χ0) is 15.4. The summed E-state index contributed by atoms with van der Waals surface area (Å²) < 4.78 is 0. The molecule has 2 heterocycles. The van der Waals surface area contributed by atoms with Crippen molar-refractivity contribution in [2.75, 3.05) is 13.1 Å². The fourth-order valence-corrected chi connectivity index (χ4v) is 3.33. The molecule has 3 N–H and O–H groups in total. The smallest absolute Gasteiger partial charge is 0.239 e. The highest BCUT2D eigenvalue weighted by molar-refractivity contribution is 5.86. The lowest BCUT2D eigenvalue weighted by Gasteiger charge is -2.27. The van der Waals surface area contributed by atoms with Gasteiger partial charge in [-0.15, -0.1) is 0 Å². The first-order chi connectivity index (χ1) is 10.8. The fourth-order valence-electron chi connectivity index (χ4n) is 3.33. The van der Waals surface area contributed by atoms with Crippen LogP contribution in [0.3, 0.4) is 0 Å². The van der Waals surface area contributed by atoms with Gasteiger partial charge in [0.05, 0.1) is 6.04 Å². The molecular formula is C18H25N3O. The van der Waals surface area contributed by atoms with Crippen LogP contribution in [-0.2, 0) is 11.2 Å². The lowest BCUT2D eigenvalue weighted by atomic mass is 10.0. The van der Waals surface area contributed by atoms with Crippen molar-refractivity contribution >= 4 is 16.8 Å². The van der Waals surface area contributed by atoms with Crippen molar-refractivity contribution in [3.63, 3.8) is 0 Å². The third-order valence-corrected chi connectivity index (χ3v) is 4.60. The molecule has 1 saturated heterocycles. The van der Waals surface area contributed by atoms with Gasteiger partial charge < -0.3 is 15.6 Å². The van der Waals surface area contributed by atoms with Gasteiger partial charge in [0.15, 0.2) is 0 Å². The van der Waals surface area contributed by atoms with Crippen LogP contribution in [0.1, 0.15) is 37.7 Å². The molecule has 1 aliphatic heterocycles. The summed E-state index contributed by atoms with van der Waals surface area (Å²) in [7, 11) is 0. The van der Waals surface area contributed by atoms with E-state index in [0.29, 0.717) is 6.42 Å². The number of likely N-dealkylation sites (tertiary alicyclic amines) is 1. The van der Waals surface area contributed by atoms with Crippen LogP contribution in [0, 0.1) is 0 Å². The molecule has 4 nitrogen and oxygen atoms in total. The van der Waals surface area contributed by atoms with Gasteiger partial charge in [-0.2, -0.15) is 0 Å². The molecule has 0 radical (unpaired) electrons. The SMILES string of the molecule is N[C@@H](Cc1c[nH]c2ccccc12)C(=O)N1CCCCCCC1. The van der Waals surface area contributed by atoms with Crippen molar-refractivity contribution in [2.45, 2.75) is 44.6 Å². The molecule has 1 aromatic heterocycles. The Morgan fingerprint density at radius 3 is 2.59 bits per heavy atom. The number of hydrogen-bond donors (Lipinski definition) is 2. The Labute approximate surface area is 131 Å². The average molecular weight is 299 g/mol. The number of carbonyl (C=O) groups excluding carboxylic acids is 1. The molecule has 118 valence electrons. The quantitative estimate of drug-likeness (QED) is 0.915. The molecule has 0 saturated carbocycles. The third-order valence-electron chi connectivity index (χ3n) is 4.60. The van der Waals surface area contributed by atoms with E-state index < -0.39 is 6.04 Å². The second kappa shape index (κ2) is 6.97. The highest BCUT2D eigenvalue weighted by Gasteiger charge is 2.22. The van der Waals surface area contributed by atoms with Crippen molar-refractivity contribution < 1.29 is 4.79 Å². The average Bonchev–Trinajstić information content (AvgIpc) is 2.90. The van der Waals surface area contributed by atoms with E-state index >= 15 is 0 Å². The van der Waals surface area contributed by atoms with Crippen molar-refractivity contribution in [1.82, 2.24) is 9.88 Å². The lowest BCUT2D eigenvalue weighted by molar-refractivity contribution is -0.132. The van der Waals surface area contributed by atoms with Gasteiger partial charge in [-0.05, 0) is 30.9 Å². The molecule has 0 spiro atoms. The standard InChI is InChI=1S/C18H25N3O/c19-16(18(22)21-10-6-2-1-3-7-11-21)12-14-13-20-17-9-5-4-8-15(14)17/h4-5,8-9,13,16,20H,1-3,6-7,10-12,19H2/t16-/m0/s1. The van der Waals surface area contributed by atoms with Crippen molar-refractivity contribution in [2.24, 2.45) is 5.73 Å². The number of rotatable bonds is 3. The minimum absolute atomic E-state index is 0.104. The molecule has 1 fully saturated rings. The number of para-hydroxylation sites is 1. The first-order valence-electron chi connectivity index (χ1n) is 8.35. The van der Waals surface area contributed by atoms with Gasteiger partial charge >= 0.3 is 0 Å². The predicted octanol–water partition coefficient (Wildman–Crippen LogP) is 2.83. The highest BCUT2D eigenvalue weighted by atomic mass is 16.2. The Balaban J connectivity index is 1.67. The van der Waals surface area contributed by atoms with Gasteiger partial charge in [0, 0.05) is 30.2 Å². The molecule has 1 amide bonds. The third kappa shape index (κ3) is 3.33. The molecule has 0 bridgehead atoms. The minimum Gasteiger partial charge on any atom is -0.361 e. The second-order valence-corrected chi connectivity index (χ2v) is 6.26. The zero-order valence-corrected chi connectivity index (χ0v) is 13.1. The van der Waals surface area contributed by atoms with E-state index in [-0.39, 0.29) is 5.91 Å². The van der Waals surface area contributed by atoms with Crippen LogP contribution in [0.25, 0.3) is 10.9 Å². The van der Waals surface area contributed by atoms with Crippen LogP contribution < -0.4 is 5.73 Å². The maximum Gasteiger partial charge on any atom is 0.239 e. The van der Waals surface area contributed by atoms with Gasteiger partial charge in [0.25, 0.3) is 0 Å². The number of carbonyl (C=O) groups is 1. The molecule has 0 unspecified atom stereocenters. The van der Waals surface area contributed by atoms with Gasteiger partial charge in [0.1, 0.15) is 0 Å². The van der Waals surface area contributed by atoms with Crippen LogP contribution in [-0.4, -0.2) is 34.9 Å². The van der Waals surface area contributed by atoms with Crippen molar-refractivity contribution in [1.29, 1.82) is 0 Å².